The Kier molecular flexibility index (Phi) is 8.40. The number of carboxylic acids is 1. The molecule has 4 rings (SSSR count). The van der Waals surface area contributed by atoms with Gasteiger partial charge in [0.15, 0.2) is 0 Å². The Morgan fingerprint density at radius 2 is 1.81 bits per heavy atom. The van der Waals surface area contributed by atoms with Crippen LogP contribution in [-0.4, -0.2) is 41.1 Å². The average molecular weight is 547 g/mol. The third-order valence-corrected chi connectivity index (χ3v) is 7.09. The van der Waals surface area contributed by atoms with E-state index in [4.69, 9.17) is 10.00 Å². The molecule has 1 heterocycles. The number of aliphatic carboxylic acids is 1. The van der Waals surface area contributed by atoms with E-state index in [-0.39, 0.29) is 18.4 Å². The number of nitrogens with zero attached hydrogens (tertiary/aromatic N) is 2. The molecule has 0 unspecified atom stereocenters. The topological polar surface area (TPSA) is 90.6 Å². The molecule has 6 nitrogen and oxygen atoms in total. The largest absolute Gasteiger partial charge is 0.490 e. The lowest BCUT2D eigenvalue weighted by Crippen LogP contribution is -2.38. The molecule has 7 heteroatoms. The van der Waals surface area contributed by atoms with E-state index in [1.165, 1.54) is 5.56 Å². The second-order valence-electron chi connectivity index (χ2n) is 8.95. The summed E-state index contributed by atoms with van der Waals surface area (Å²) < 4.78 is 6.90. The van der Waals surface area contributed by atoms with E-state index in [0.29, 0.717) is 30.9 Å². The van der Waals surface area contributed by atoms with Crippen molar-refractivity contribution in [1.82, 2.24) is 4.90 Å². The van der Waals surface area contributed by atoms with Gasteiger partial charge in [0.25, 0.3) is 0 Å². The number of ether oxygens (including phenoxy) is 1. The number of carboxylic acid groups (broad SMARTS) is 1. The van der Waals surface area contributed by atoms with Crippen LogP contribution in [0.5, 0.6) is 5.75 Å². The van der Waals surface area contributed by atoms with E-state index in [1.54, 1.807) is 17.0 Å². The lowest BCUT2D eigenvalue weighted by molar-refractivity contribution is -0.142. The SMILES string of the molecule is N#Cc1ccc(-c2ccc(OC[C@@H]3C[C@@H](CC(=O)O)C(=O)N3CCCc3ccccc3)c(Br)c2)cc1. The van der Waals surface area contributed by atoms with E-state index in [1.807, 2.05) is 48.5 Å². The van der Waals surface area contributed by atoms with Gasteiger partial charge in [0.1, 0.15) is 12.4 Å². The summed E-state index contributed by atoms with van der Waals surface area (Å²) in [6.45, 7) is 0.860. The standard InChI is InChI=1S/C29H27BrN2O4/c30-26-16-23(22-10-8-21(18-31)9-11-22)12-13-27(26)36-19-25-15-24(17-28(33)34)29(35)32(25)14-4-7-20-5-2-1-3-6-20/h1-3,5-6,8-13,16,24-25H,4,7,14-15,17,19H2,(H,33,34)/t24-,25-/m0/s1. The monoisotopic (exact) mass is 546 g/mol. The van der Waals surface area contributed by atoms with Crippen molar-refractivity contribution in [2.75, 3.05) is 13.2 Å². The van der Waals surface area contributed by atoms with Crippen LogP contribution in [0, 0.1) is 17.2 Å². The molecule has 1 aliphatic heterocycles. The second-order valence-corrected chi connectivity index (χ2v) is 9.80. The van der Waals surface area contributed by atoms with Gasteiger partial charge >= 0.3 is 5.97 Å². The van der Waals surface area contributed by atoms with Crippen LogP contribution in [0.3, 0.4) is 0 Å². The van der Waals surface area contributed by atoms with Crippen molar-refractivity contribution >= 4 is 27.8 Å². The Labute approximate surface area is 219 Å². The van der Waals surface area contributed by atoms with Gasteiger partial charge < -0.3 is 14.7 Å². The van der Waals surface area contributed by atoms with Crippen molar-refractivity contribution in [2.24, 2.45) is 5.92 Å². The van der Waals surface area contributed by atoms with E-state index in [2.05, 4.69) is 34.1 Å². The molecule has 1 N–H and O–H groups in total. The maximum Gasteiger partial charge on any atom is 0.304 e. The molecule has 1 aliphatic rings. The van der Waals surface area contributed by atoms with Gasteiger partial charge in [-0.05, 0) is 76.1 Å². The maximum absolute atomic E-state index is 13.0. The van der Waals surface area contributed by atoms with Gasteiger partial charge in [-0.25, -0.2) is 0 Å². The number of halogens is 1. The highest BCUT2D eigenvalue weighted by atomic mass is 79.9. The highest BCUT2D eigenvalue weighted by Gasteiger charge is 2.40. The normalized spacial score (nSPS) is 17.1. The van der Waals surface area contributed by atoms with Gasteiger partial charge in [-0.3, -0.25) is 9.59 Å². The Hall–Kier alpha value is -3.63. The van der Waals surface area contributed by atoms with Crippen molar-refractivity contribution in [3.63, 3.8) is 0 Å². The lowest BCUT2D eigenvalue weighted by Gasteiger charge is -2.25. The molecule has 36 heavy (non-hydrogen) atoms. The third-order valence-electron chi connectivity index (χ3n) is 6.47. The minimum atomic E-state index is -0.958. The molecular formula is C29H27BrN2O4. The summed E-state index contributed by atoms with van der Waals surface area (Å²) in [4.78, 5) is 26.1. The smallest absolute Gasteiger partial charge is 0.304 e. The third kappa shape index (κ3) is 6.32. The van der Waals surface area contributed by atoms with E-state index >= 15 is 0 Å². The first kappa shape index (κ1) is 25.5. The number of nitriles is 1. The fourth-order valence-corrected chi connectivity index (χ4v) is 5.12. The first-order valence-electron chi connectivity index (χ1n) is 11.9. The number of hydrogen-bond acceptors (Lipinski definition) is 4. The quantitative estimate of drug-likeness (QED) is 0.352. The van der Waals surface area contributed by atoms with Crippen LogP contribution in [0.15, 0.2) is 77.3 Å². The zero-order valence-electron chi connectivity index (χ0n) is 19.8. The number of likely N-dealkylation sites (tertiary alicyclic amines) is 1. The molecule has 1 amide bonds. The summed E-state index contributed by atoms with van der Waals surface area (Å²) in [6.07, 6.45) is 1.96. The molecule has 0 radical (unpaired) electrons. The van der Waals surface area contributed by atoms with Crippen LogP contribution in [0.2, 0.25) is 0 Å². The van der Waals surface area contributed by atoms with Crippen LogP contribution in [0.4, 0.5) is 0 Å². The minimum absolute atomic E-state index is 0.103. The summed E-state index contributed by atoms with van der Waals surface area (Å²) >= 11 is 3.59. The predicted octanol–water partition coefficient (Wildman–Crippen LogP) is 5.69. The summed E-state index contributed by atoms with van der Waals surface area (Å²) in [6, 6.07) is 25.2. The number of carbonyl (C=O) groups is 2. The molecule has 3 aromatic rings. The minimum Gasteiger partial charge on any atom is -0.490 e. The Bertz CT molecular complexity index is 1250. The van der Waals surface area contributed by atoms with E-state index in [9.17, 15) is 14.7 Å². The van der Waals surface area contributed by atoms with Gasteiger partial charge in [-0.2, -0.15) is 5.26 Å². The molecular weight excluding hydrogens is 520 g/mol. The molecule has 3 aromatic carbocycles. The van der Waals surface area contributed by atoms with Gasteiger partial charge in [-0.1, -0.05) is 48.5 Å². The number of hydrogen-bond donors (Lipinski definition) is 1. The first-order chi connectivity index (χ1) is 17.4. The molecule has 0 aliphatic carbocycles. The molecule has 1 fully saturated rings. The Morgan fingerprint density at radius 1 is 1.08 bits per heavy atom. The number of carbonyl (C=O) groups excluding carboxylic acids is 1. The Balaban J connectivity index is 1.41. The van der Waals surface area contributed by atoms with Crippen molar-refractivity contribution < 1.29 is 19.4 Å². The van der Waals surface area contributed by atoms with Crippen molar-refractivity contribution in [3.8, 4) is 22.9 Å². The predicted molar refractivity (Wildman–Crippen MR) is 140 cm³/mol. The summed E-state index contributed by atoms with van der Waals surface area (Å²) in [5.74, 6) is -0.921. The van der Waals surface area contributed by atoms with Crippen molar-refractivity contribution in [3.05, 3.63) is 88.4 Å². The van der Waals surface area contributed by atoms with E-state index < -0.39 is 11.9 Å². The lowest BCUT2D eigenvalue weighted by atomic mass is 10.0. The maximum atomic E-state index is 13.0. The van der Waals surface area contributed by atoms with Gasteiger partial charge in [0.05, 0.1) is 34.5 Å². The molecule has 0 spiro atoms. The van der Waals surface area contributed by atoms with Crippen LogP contribution < -0.4 is 4.74 Å². The number of rotatable bonds is 10. The molecule has 1 saturated heterocycles. The number of aryl methyl sites for hydroxylation is 1. The number of amides is 1. The van der Waals surface area contributed by atoms with Crippen LogP contribution in [-0.2, 0) is 16.0 Å². The second kappa shape index (κ2) is 11.9. The highest BCUT2D eigenvalue weighted by Crippen LogP contribution is 2.33. The number of benzene rings is 3. The van der Waals surface area contributed by atoms with Gasteiger partial charge in [0.2, 0.25) is 5.91 Å². The van der Waals surface area contributed by atoms with Crippen LogP contribution in [0.25, 0.3) is 11.1 Å². The van der Waals surface area contributed by atoms with Gasteiger partial charge in [-0.15, -0.1) is 0 Å². The van der Waals surface area contributed by atoms with Crippen molar-refractivity contribution in [2.45, 2.75) is 31.7 Å². The molecule has 184 valence electrons. The van der Waals surface area contributed by atoms with Crippen LogP contribution >= 0.6 is 15.9 Å². The molecule has 0 bridgehead atoms. The fourth-order valence-electron chi connectivity index (χ4n) is 4.62. The fraction of sp³-hybridized carbons (Fsp3) is 0.276. The molecule has 2 atom stereocenters. The summed E-state index contributed by atoms with van der Waals surface area (Å²) in [5, 5.41) is 18.3. The first-order valence-corrected chi connectivity index (χ1v) is 12.7. The van der Waals surface area contributed by atoms with Crippen molar-refractivity contribution in [1.29, 1.82) is 5.26 Å². The highest BCUT2D eigenvalue weighted by molar-refractivity contribution is 9.10. The average Bonchev–Trinajstić information content (AvgIpc) is 3.17. The molecule has 0 saturated carbocycles. The van der Waals surface area contributed by atoms with E-state index in [0.717, 1.165) is 28.4 Å². The van der Waals surface area contributed by atoms with Gasteiger partial charge in [0, 0.05) is 6.54 Å². The zero-order valence-corrected chi connectivity index (χ0v) is 21.4. The van der Waals surface area contributed by atoms with Crippen LogP contribution in [0.1, 0.15) is 30.4 Å². The summed E-state index contributed by atoms with van der Waals surface area (Å²) in [5.41, 5.74) is 3.80. The zero-order chi connectivity index (χ0) is 25.5. The summed E-state index contributed by atoms with van der Waals surface area (Å²) in [7, 11) is 0. The Morgan fingerprint density at radius 3 is 2.47 bits per heavy atom. The molecule has 0 aromatic heterocycles.